The predicted octanol–water partition coefficient (Wildman–Crippen LogP) is 4.62. The first-order valence-electron chi connectivity index (χ1n) is 8.05. The molecule has 122 valence electrons. The zero-order chi connectivity index (χ0) is 16.8. The van der Waals surface area contributed by atoms with Crippen LogP contribution in [0.5, 0.6) is 5.75 Å². The van der Waals surface area contributed by atoms with Gasteiger partial charge >= 0.3 is 5.97 Å². The lowest BCUT2D eigenvalue weighted by molar-refractivity contribution is -0.138. The Hall–Kier alpha value is -2.29. The third-order valence-corrected chi connectivity index (χ3v) is 3.96. The maximum absolute atomic E-state index is 11.7. The molecule has 0 fully saturated rings. The first-order chi connectivity index (χ1) is 11.0. The lowest BCUT2D eigenvalue weighted by Crippen LogP contribution is -2.14. The minimum atomic E-state index is -0.813. The van der Waals surface area contributed by atoms with E-state index in [1.54, 1.807) is 0 Å². The molecule has 0 spiro atoms. The molecule has 0 bridgehead atoms. The number of ether oxygens (including phenoxy) is 1. The van der Waals surface area contributed by atoms with Crippen LogP contribution in [0.25, 0.3) is 0 Å². The second-order valence-corrected chi connectivity index (χ2v) is 6.00. The molecule has 23 heavy (non-hydrogen) atoms. The normalized spacial score (nSPS) is 12.2. The first kappa shape index (κ1) is 17.1. The van der Waals surface area contributed by atoms with Gasteiger partial charge in [-0.05, 0) is 48.1 Å². The Morgan fingerprint density at radius 3 is 2.35 bits per heavy atom. The average Bonchev–Trinajstić information content (AvgIpc) is 2.53. The van der Waals surface area contributed by atoms with E-state index in [0.717, 1.165) is 11.1 Å². The summed E-state index contributed by atoms with van der Waals surface area (Å²) in [6.07, 6.45) is 0.475. The maximum Gasteiger partial charge on any atom is 0.311 e. The fourth-order valence-electron chi connectivity index (χ4n) is 2.61. The molecule has 1 N–H and O–H groups in total. The van der Waals surface area contributed by atoms with Gasteiger partial charge in [0.2, 0.25) is 0 Å². The van der Waals surface area contributed by atoms with Crippen LogP contribution in [0, 0.1) is 0 Å². The van der Waals surface area contributed by atoms with Crippen molar-refractivity contribution in [2.45, 2.75) is 39.0 Å². The zero-order valence-electron chi connectivity index (χ0n) is 14.0. The highest BCUT2D eigenvalue weighted by Gasteiger charge is 2.21. The first-order valence-corrected chi connectivity index (χ1v) is 8.05. The summed E-state index contributed by atoms with van der Waals surface area (Å²) >= 11 is 0. The molecule has 2 aromatic carbocycles. The summed E-state index contributed by atoms with van der Waals surface area (Å²) < 4.78 is 5.48. The number of carboxylic acids is 1. The molecule has 2 rings (SSSR count). The Morgan fingerprint density at radius 1 is 1.09 bits per heavy atom. The smallest absolute Gasteiger partial charge is 0.311 e. The van der Waals surface area contributed by atoms with Gasteiger partial charge < -0.3 is 9.84 Å². The van der Waals surface area contributed by atoms with Gasteiger partial charge in [0, 0.05) is 0 Å². The van der Waals surface area contributed by atoms with E-state index >= 15 is 0 Å². The quantitative estimate of drug-likeness (QED) is 0.811. The van der Waals surface area contributed by atoms with Crippen molar-refractivity contribution < 1.29 is 14.6 Å². The largest absolute Gasteiger partial charge is 0.494 e. The van der Waals surface area contributed by atoms with Crippen molar-refractivity contribution in [3.05, 3.63) is 65.2 Å². The third kappa shape index (κ3) is 4.59. The van der Waals surface area contributed by atoms with Crippen LogP contribution in [-0.4, -0.2) is 17.7 Å². The molecule has 0 amide bonds. The molecule has 1 unspecified atom stereocenters. The number of hydrogen-bond acceptors (Lipinski definition) is 2. The van der Waals surface area contributed by atoms with Crippen LogP contribution in [0.2, 0.25) is 0 Å². The van der Waals surface area contributed by atoms with E-state index in [-0.39, 0.29) is 0 Å². The molecule has 0 aliphatic rings. The van der Waals surface area contributed by atoms with Crippen molar-refractivity contribution >= 4 is 5.97 Å². The Labute approximate surface area is 137 Å². The molecule has 0 saturated heterocycles. The van der Waals surface area contributed by atoms with Gasteiger partial charge in [0.1, 0.15) is 5.75 Å². The molecule has 0 aromatic heterocycles. The highest BCUT2D eigenvalue weighted by Crippen LogP contribution is 2.26. The molecule has 3 heteroatoms. The van der Waals surface area contributed by atoms with Crippen molar-refractivity contribution in [1.29, 1.82) is 0 Å². The Morgan fingerprint density at radius 2 is 1.78 bits per heavy atom. The fourth-order valence-corrected chi connectivity index (χ4v) is 2.61. The van der Waals surface area contributed by atoms with Gasteiger partial charge in [0.05, 0.1) is 12.5 Å². The number of carboxylic acid groups (broad SMARTS) is 1. The van der Waals surface area contributed by atoms with Gasteiger partial charge in [0.25, 0.3) is 0 Å². The number of carbonyl (C=O) groups is 1. The minimum absolute atomic E-state index is 0.474. The molecule has 0 radical (unpaired) electrons. The van der Waals surface area contributed by atoms with Crippen molar-refractivity contribution in [1.82, 2.24) is 0 Å². The van der Waals surface area contributed by atoms with Crippen LogP contribution in [-0.2, 0) is 11.2 Å². The molecule has 3 nitrogen and oxygen atoms in total. The fraction of sp³-hybridized carbons (Fsp3) is 0.350. The average molecular weight is 312 g/mol. The topological polar surface area (TPSA) is 46.5 Å². The molecular formula is C20H24O3. The van der Waals surface area contributed by atoms with Crippen molar-refractivity contribution in [3.63, 3.8) is 0 Å². The van der Waals surface area contributed by atoms with E-state index in [0.29, 0.717) is 24.7 Å². The van der Waals surface area contributed by atoms with Crippen molar-refractivity contribution in [3.8, 4) is 5.75 Å². The van der Waals surface area contributed by atoms with E-state index in [9.17, 15) is 9.90 Å². The van der Waals surface area contributed by atoms with E-state index in [1.165, 1.54) is 5.56 Å². The summed E-state index contributed by atoms with van der Waals surface area (Å²) in [5.74, 6) is -0.194. The highest BCUT2D eigenvalue weighted by atomic mass is 16.5. The van der Waals surface area contributed by atoms with Crippen molar-refractivity contribution in [2.24, 2.45) is 0 Å². The maximum atomic E-state index is 11.7. The summed E-state index contributed by atoms with van der Waals surface area (Å²) in [6, 6.07) is 15.6. The molecule has 0 aliphatic heterocycles. The number of hydrogen-bond donors (Lipinski definition) is 1. The van der Waals surface area contributed by atoms with Crippen LogP contribution in [0.4, 0.5) is 0 Å². The number of benzene rings is 2. The summed E-state index contributed by atoms with van der Waals surface area (Å²) in [4.78, 5) is 11.7. The van der Waals surface area contributed by atoms with E-state index in [1.807, 2.05) is 43.3 Å². The van der Waals surface area contributed by atoms with Crippen LogP contribution in [0.15, 0.2) is 48.5 Å². The van der Waals surface area contributed by atoms with Gasteiger partial charge in [0.15, 0.2) is 0 Å². The lowest BCUT2D eigenvalue weighted by atomic mass is 9.91. The second-order valence-electron chi connectivity index (χ2n) is 6.00. The Bertz CT molecular complexity index is 644. The van der Waals surface area contributed by atoms with Crippen LogP contribution >= 0.6 is 0 Å². The molecule has 1 atom stereocenters. The molecule has 0 heterocycles. The highest BCUT2D eigenvalue weighted by molar-refractivity contribution is 5.76. The SMILES string of the molecule is CCOc1cccc(C(Cc2ccc(C(C)C)cc2)C(=O)O)c1. The summed E-state index contributed by atoms with van der Waals surface area (Å²) in [5, 5.41) is 9.61. The molecular weight excluding hydrogens is 288 g/mol. The van der Waals surface area contributed by atoms with E-state index < -0.39 is 11.9 Å². The van der Waals surface area contributed by atoms with Crippen LogP contribution in [0.1, 0.15) is 49.3 Å². The molecule has 0 aliphatic carbocycles. The van der Waals surface area contributed by atoms with Gasteiger partial charge in [-0.25, -0.2) is 0 Å². The van der Waals surface area contributed by atoms with E-state index in [4.69, 9.17) is 4.74 Å². The second kappa shape index (κ2) is 7.82. The minimum Gasteiger partial charge on any atom is -0.494 e. The summed E-state index contributed by atoms with van der Waals surface area (Å²) in [6.45, 7) is 6.78. The third-order valence-electron chi connectivity index (χ3n) is 3.96. The molecule has 2 aromatic rings. The zero-order valence-corrected chi connectivity index (χ0v) is 14.0. The van der Waals surface area contributed by atoms with Gasteiger partial charge in [-0.15, -0.1) is 0 Å². The van der Waals surface area contributed by atoms with Gasteiger partial charge in [-0.1, -0.05) is 50.2 Å². The molecule has 0 saturated carbocycles. The summed E-state index contributed by atoms with van der Waals surface area (Å²) in [5.41, 5.74) is 3.07. The van der Waals surface area contributed by atoms with Gasteiger partial charge in [-0.2, -0.15) is 0 Å². The lowest BCUT2D eigenvalue weighted by Gasteiger charge is -2.15. The number of aliphatic carboxylic acids is 1. The van der Waals surface area contributed by atoms with Crippen LogP contribution < -0.4 is 4.74 Å². The Balaban J connectivity index is 2.21. The van der Waals surface area contributed by atoms with Crippen LogP contribution in [0.3, 0.4) is 0 Å². The van der Waals surface area contributed by atoms with Gasteiger partial charge in [-0.3, -0.25) is 4.79 Å². The predicted molar refractivity (Wildman–Crippen MR) is 92.2 cm³/mol. The number of rotatable bonds is 7. The standard InChI is InChI=1S/C20H24O3/c1-4-23-18-7-5-6-17(13-18)19(20(21)22)12-15-8-10-16(11-9-15)14(2)3/h5-11,13-14,19H,4,12H2,1-3H3,(H,21,22). The monoisotopic (exact) mass is 312 g/mol. The summed E-state index contributed by atoms with van der Waals surface area (Å²) in [7, 11) is 0. The van der Waals surface area contributed by atoms with Crippen molar-refractivity contribution in [2.75, 3.05) is 6.61 Å². The van der Waals surface area contributed by atoms with E-state index in [2.05, 4.69) is 26.0 Å². The Kier molecular flexibility index (Phi) is 5.80.